The summed E-state index contributed by atoms with van der Waals surface area (Å²) in [5.74, 6) is -1.40. The number of carbonyl (C=O) groups is 4. The van der Waals surface area contributed by atoms with Gasteiger partial charge in [-0.3, -0.25) is 24.2 Å². The van der Waals surface area contributed by atoms with Crippen LogP contribution in [0.15, 0.2) is 84.9 Å². The van der Waals surface area contributed by atoms with Crippen LogP contribution >= 0.6 is 0 Å². The normalized spacial score (nSPS) is 17.6. The van der Waals surface area contributed by atoms with Crippen molar-refractivity contribution in [2.75, 3.05) is 21.2 Å². The number of nitrogens with zero attached hydrogens (tertiary/aromatic N) is 3. The lowest BCUT2D eigenvalue weighted by Gasteiger charge is -2.33. The van der Waals surface area contributed by atoms with E-state index in [0.717, 1.165) is 0 Å². The highest BCUT2D eigenvalue weighted by Crippen LogP contribution is 2.43. The molecule has 36 heavy (non-hydrogen) atoms. The Balaban J connectivity index is 1.85. The van der Waals surface area contributed by atoms with Crippen molar-refractivity contribution in [3.8, 4) is 0 Å². The molecule has 0 saturated heterocycles. The number of fused-ring (bicyclic) bond motifs is 1. The standard InChI is InChI=1S/C29H29N3O4/c1-21(2)31(22-12-6-4-7-13-22)26(34)20-30-24-16-10-11-17-25(24)32(23-14-8-5-9-15-23)28(36)29(3,18-19-33)27(30)35/h4-17,19,21H,18,20H2,1-3H3. The minimum Gasteiger partial charge on any atom is -0.308 e. The lowest BCUT2D eigenvalue weighted by molar-refractivity contribution is -0.141. The van der Waals surface area contributed by atoms with Gasteiger partial charge in [0.25, 0.3) is 0 Å². The molecule has 3 aromatic carbocycles. The van der Waals surface area contributed by atoms with Crippen molar-refractivity contribution in [2.24, 2.45) is 5.41 Å². The third-order valence-electron chi connectivity index (χ3n) is 6.42. The van der Waals surface area contributed by atoms with Crippen molar-refractivity contribution < 1.29 is 19.2 Å². The van der Waals surface area contributed by atoms with Gasteiger partial charge < -0.3 is 9.69 Å². The molecule has 0 fully saturated rings. The Morgan fingerprint density at radius 3 is 2.00 bits per heavy atom. The zero-order valence-corrected chi connectivity index (χ0v) is 20.6. The number of amides is 3. The molecule has 0 radical (unpaired) electrons. The molecule has 1 unspecified atom stereocenters. The largest absolute Gasteiger partial charge is 0.308 e. The number of para-hydroxylation sites is 4. The van der Waals surface area contributed by atoms with Gasteiger partial charge in [-0.05, 0) is 57.2 Å². The van der Waals surface area contributed by atoms with Gasteiger partial charge in [0.05, 0.1) is 11.4 Å². The van der Waals surface area contributed by atoms with Gasteiger partial charge in [0.1, 0.15) is 18.2 Å². The Morgan fingerprint density at radius 2 is 1.42 bits per heavy atom. The van der Waals surface area contributed by atoms with Crippen molar-refractivity contribution in [2.45, 2.75) is 33.2 Å². The summed E-state index contributed by atoms with van der Waals surface area (Å²) in [6, 6.07) is 25.1. The first-order chi connectivity index (χ1) is 17.3. The molecule has 0 spiro atoms. The Bertz CT molecular complexity index is 1280. The molecule has 4 rings (SSSR count). The summed E-state index contributed by atoms with van der Waals surface area (Å²) in [7, 11) is 0. The van der Waals surface area contributed by atoms with Crippen LogP contribution in [0.4, 0.5) is 22.7 Å². The third-order valence-corrected chi connectivity index (χ3v) is 6.42. The maximum atomic E-state index is 14.0. The molecule has 3 aromatic rings. The first-order valence-electron chi connectivity index (χ1n) is 11.9. The molecular weight excluding hydrogens is 454 g/mol. The van der Waals surface area contributed by atoms with E-state index in [9.17, 15) is 19.2 Å². The molecule has 1 aliphatic heterocycles. The van der Waals surface area contributed by atoms with Crippen LogP contribution < -0.4 is 14.7 Å². The van der Waals surface area contributed by atoms with Gasteiger partial charge >= 0.3 is 0 Å². The molecule has 1 atom stereocenters. The zero-order valence-electron chi connectivity index (χ0n) is 20.6. The molecule has 0 aromatic heterocycles. The number of carbonyl (C=O) groups excluding carboxylic acids is 4. The average molecular weight is 484 g/mol. The highest BCUT2D eigenvalue weighted by Gasteiger charge is 2.50. The lowest BCUT2D eigenvalue weighted by Crippen LogP contribution is -2.52. The van der Waals surface area contributed by atoms with Crippen molar-refractivity contribution >= 4 is 46.8 Å². The van der Waals surface area contributed by atoms with E-state index in [4.69, 9.17) is 0 Å². The van der Waals surface area contributed by atoms with Crippen molar-refractivity contribution in [1.29, 1.82) is 0 Å². The van der Waals surface area contributed by atoms with Crippen molar-refractivity contribution in [1.82, 2.24) is 0 Å². The maximum Gasteiger partial charge on any atom is 0.247 e. The second kappa shape index (κ2) is 10.2. The molecule has 0 bridgehead atoms. The minimum atomic E-state index is -1.69. The fraction of sp³-hybridized carbons (Fsp3) is 0.241. The molecule has 7 nitrogen and oxygen atoms in total. The molecule has 3 amide bonds. The van der Waals surface area contributed by atoms with E-state index >= 15 is 0 Å². The number of aldehydes is 1. The highest BCUT2D eigenvalue weighted by atomic mass is 16.2. The Morgan fingerprint density at radius 1 is 0.861 bits per heavy atom. The SMILES string of the molecule is CC(C)N(C(=O)CN1C(=O)C(C)(CC=O)C(=O)N(c2ccccc2)c2ccccc21)c1ccccc1. The summed E-state index contributed by atoms with van der Waals surface area (Å²) in [5.41, 5.74) is 0.498. The van der Waals surface area contributed by atoms with Gasteiger partial charge in [-0.1, -0.05) is 48.5 Å². The Kier molecular flexibility index (Phi) is 7.01. The van der Waals surface area contributed by atoms with Gasteiger partial charge in [0.2, 0.25) is 17.7 Å². The fourth-order valence-corrected chi connectivity index (χ4v) is 4.60. The fourth-order valence-electron chi connectivity index (χ4n) is 4.60. The molecular formula is C29H29N3O4. The van der Waals surface area contributed by atoms with Gasteiger partial charge in [0.15, 0.2) is 0 Å². The highest BCUT2D eigenvalue weighted by molar-refractivity contribution is 6.24. The number of anilines is 4. The van der Waals surface area contributed by atoms with Crippen molar-refractivity contribution in [3.05, 3.63) is 84.9 Å². The van der Waals surface area contributed by atoms with Crippen LogP contribution in [0.3, 0.4) is 0 Å². The van der Waals surface area contributed by atoms with Gasteiger partial charge in [-0.15, -0.1) is 0 Å². The number of benzene rings is 3. The predicted octanol–water partition coefficient (Wildman–Crippen LogP) is 4.73. The van der Waals surface area contributed by atoms with Crippen molar-refractivity contribution in [3.63, 3.8) is 0 Å². The van der Waals surface area contributed by atoms with Crippen LogP contribution in [0.25, 0.3) is 0 Å². The Labute approximate surface area is 210 Å². The molecule has 1 heterocycles. The summed E-state index contributed by atoms with van der Waals surface area (Å²) in [4.78, 5) is 57.8. The molecule has 0 aliphatic carbocycles. The first-order valence-corrected chi connectivity index (χ1v) is 11.9. The van der Waals surface area contributed by atoms with Crippen LogP contribution in [-0.2, 0) is 19.2 Å². The Hall–Kier alpha value is -4.26. The summed E-state index contributed by atoms with van der Waals surface area (Å²) < 4.78 is 0. The molecule has 7 heteroatoms. The second-order valence-electron chi connectivity index (χ2n) is 9.25. The number of hydrogen-bond acceptors (Lipinski definition) is 4. The van der Waals surface area contributed by atoms with E-state index in [1.165, 1.54) is 16.7 Å². The van der Waals surface area contributed by atoms with E-state index in [-0.39, 0.29) is 24.9 Å². The average Bonchev–Trinajstić information content (AvgIpc) is 2.94. The van der Waals surface area contributed by atoms with E-state index in [0.29, 0.717) is 29.0 Å². The van der Waals surface area contributed by atoms with Gasteiger partial charge in [-0.2, -0.15) is 0 Å². The maximum absolute atomic E-state index is 14.0. The zero-order chi connectivity index (χ0) is 25.9. The van der Waals surface area contributed by atoms with Crippen LogP contribution in [0.2, 0.25) is 0 Å². The van der Waals surface area contributed by atoms with E-state index in [1.54, 1.807) is 53.4 Å². The van der Waals surface area contributed by atoms with Crippen LogP contribution in [0.1, 0.15) is 27.2 Å². The van der Waals surface area contributed by atoms with Crippen LogP contribution in [0, 0.1) is 5.41 Å². The monoisotopic (exact) mass is 483 g/mol. The van der Waals surface area contributed by atoms with Gasteiger partial charge in [0, 0.05) is 23.8 Å². The topological polar surface area (TPSA) is 78.0 Å². The van der Waals surface area contributed by atoms with E-state index in [2.05, 4.69) is 0 Å². The minimum absolute atomic E-state index is 0.166. The second-order valence-corrected chi connectivity index (χ2v) is 9.25. The molecule has 0 N–H and O–H groups in total. The van der Waals surface area contributed by atoms with E-state index < -0.39 is 17.2 Å². The number of rotatable bonds is 7. The summed E-state index contributed by atoms with van der Waals surface area (Å²) in [6.07, 6.45) is 0.276. The van der Waals surface area contributed by atoms with Crippen LogP contribution in [0.5, 0.6) is 0 Å². The first kappa shape index (κ1) is 24.9. The quantitative estimate of drug-likeness (QED) is 0.359. The summed E-state index contributed by atoms with van der Waals surface area (Å²) in [6.45, 7) is 5.00. The third kappa shape index (κ3) is 4.40. The van der Waals surface area contributed by atoms with Gasteiger partial charge in [-0.25, -0.2) is 0 Å². The molecule has 0 saturated carbocycles. The molecule has 1 aliphatic rings. The lowest BCUT2D eigenvalue weighted by atomic mass is 9.84. The van der Waals surface area contributed by atoms with E-state index in [1.807, 2.05) is 50.2 Å². The van der Waals surface area contributed by atoms with Crippen LogP contribution in [-0.4, -0.2) is 36.6 Å². The predicted molar refractivity (Wildman–Crippen MR) is 140 cm³/mol. The summed E-state index contributed by atoms with van der Waals surface area (Å²) >= 11 is 0. The molecule has 184 valence electrons. The summed E-state index contributed by atoms with van der Waals surface area (Å²) in [5, 5.41) is 0. The number of hydrogen-bond donors (Lipinski definition) is 0. The smallest absolute Gasteiger partial charge is 0.247 e.